The fourth-order valence-electron chi connectivity index (χ4n) is 3.21. The zero-order valence-electron chi connectivity index (χ0n) is 16.4. The number of nitrogens with zero attached hydrogens (tertiary/aromatic N) is 3. The maximum atomic E-state index is 12.7. The zero-order valence-corrected chi connectivity index (χ0v) is 17.2. The molecule has 2 heterocycles. The van der Waals surface area contributed by atoms with Gasteiger partial charge in [0, 0.05) is 22.5 Å². The van der Waals surface area contributed by atoms with E-state index in [9.17, 15) is 4.79 Å². The zero-order chi connectivity index (χ0) is 20.5. The molecule has 0 aliphatic carbocycles. The predicted octanol–water partition coefficient (Wildman–Crippen LogP) is 5.15. The molecule has 148 valence electrons. The van der Waals surface area contributed by atoms with Crippen molar-refractivity contribution in [2.75, 3.05) is 12.4 Å². The number of rotatable bonds is 5. The summed E-state index contributed by atoms with van der Waals surface area (Å²) >= 11 is 5.92. The maximum Gasteiger partial charge on any atom is 0.256 e. The van der Waals surface area contributed by atoms with Crippen molar-refractivity contribution in [3.63, 3.8) is 0 Å². The molecule has 0 saturated carbocycles. The Morgan fingerprint density at radius 1 is 1.17 bits per heavy atom. The second-order valence-electron chi connectivity index (χ2n) is 7.30. The molecule has 0 aliphatic rings. The number of methoxy groups -OCH3 is 1. The molecule has 7 heteroatoms. The third kappa shape index (κ3) is 3.89. The quantitative estimate of drug-likeness (QED) is 0.495. The van der Waals surface area contributed by atoms with Gasteiger partial charge in [0.05, 0.1) is 18.0 Å². The van der Waals surface area contributed by atoms with E-state index in [1.807, 2.05) is 28.9 Å². The highest BCUT2D eigenvalue weighted by Gasteiger charge is 2.17. The number of halogens is 1. The Kier molecular flexibility index (Phi) is 5.11. The normalized spacial score (nSPS) is 11.3. The Labute approximate surface area is 173 Å². The number of benzene rings is 2. The minimum Gasteiger partial charge on any atom is -0.497 e. The maximum absolute atomic E-state index is 12.7. The molecule has 2 aromatic heterocycles. The number of carbonyl (C=O) groups excluding carboxylic acids is 1. The molecule has 29 heavy (non-hydrogen) atoms. The first-order valence-electron chi connectivity index (χ1n) is 9.37. The van der Waals surface area contributed by atoms with E-state index in [4.69, 9.17) is 21.3 Å². The average Bonchev–Trinajstić information content (AvgIpc) is 3.01. The van der Waals surface area contributed by atoms with Gasteiger partial charge < -0.3 is 10.1 Å². The summed E-state index contributed by atoms with van der Waals surface area (Å²) in [6, 6.07) is 14.5. The highest BCUT2D eigenvalue weighted by atomic mass is 35.5. The fourth-order valence-corrected chi connectivity index (χ4v) is 3.34. The van der Waals surface area contributed by atoms with Crippen LogP contribution >= 0.6 is 11.6 Å². The van der Waals surface area contributed by atoms with Crippen molar-refractivity contribution >= 4 is 45.3 Å². The van der Waals surface area contributed by atoms with Crippen LogP contribution in [-0.4, -0.2) is 27.8 Å². The lowest BCUT2D eigenvalue weighted by molar-refractivity contribution is 0.102. The van der Waals surface area contributed by atoms with E-state index in [0.29, 0.717) is 28.9 Å². The first-order chi connectivity index (χ1) is 13.9. The molecule has 2 aromatic carbocycles. The predicted molar refractivity (Wildman–Crippen MR) is 116 cm³/mol. The Morgan fingerprint density at radius 2 is 1.93 bits per heavy atom. The van der Waals surface area contributed by atoms with Gasteiger partial charge in [-0.1, -0.05) is 25.4 Å². The molecular formula is C22H21ClN4O2. The van der Waals surface area contributed by atoms with Gasteiger partial charge in [0.15, 0.2) is 11.5 Å². The van der Waals surface area contributed by atoms with Gasteiger partial charge in [0.25, 0.3) is 5.91 Å². The van der Waals surface area contributed by atoms with E-state index in [1.165, 1.54) is 0 Å². The summed E-state index contributed by atoms with van der Waals surface area (Å²) in [6.07, 6.45) is 0. The Morgan fingerprint density at radius 3 is 2.62 bits per heavy atom. The number of ether oxygens (including phenoxy) is 1. The molecule has 0 atom stereocenters. The SMILES string of the molecule is COc1ccc2nc3c(cc2c1)c(NC(=O)c1ccc(Cl)cc1)nn3CC(C)C. The van der Waals surface area contributed by atoms with Crippen LogP contribution in [0.15, 0.2) is 48.5 Å². The van der Waals surface area contributed by atoms with Crippen LogP contribution in [-0.2, 0) is 6.54 Å². The molecule has 0 unspecified atom stereocenters. The number of hydrogen-bond acceptors (Lipinski definition) is 4. The molecule has 0 radical (unpaired) electrons. The van der Waals surface area contributed by atoms with Gasteiger partial charge in [-0.2, -0.15) is 5.10 Å². The van der Waals surface area contributed by atoms with Crippen molar-refractivity contribution in [3.8, 4) is 5.75 Å². The van der Waals surface area contributed by atoms with Gasteiger partial charge in [-0.3, -0.25) is 4.79 Å². The molecule has 4 rings (SSSR count). The molecule has 0 bridgehead atoms. The van der Waals surface area contributed by atoms with E-state index >= 15 is 0 Å². The fraction of sp³-hybridized carbons (Fsp3) is 0.227. The third-order valence-corrected chi connectivity index (χ3v) is 4.85. The lowest BCUT2D eigenvalue weighted by Gasteiger charge is -2.06. The van der Waals surface area contributed by atoms with Gasteiger partial charge in [-0.15, -0.1) is 0 Å². The molecule has 0 saturated heterocycles. The van der Waals surface area contributed by atoms with Gasteiger partial charge >= 0.3 is 0 Å². The van der Waals surface area contributed by atoms with E-state index in [-0.39, 0.29) is 5.91 Å². The summed E-state index contributed by atoms with van der Waals surface area (Å²) in [7, 11) is 1.63. The lowest BCUT2D eigenvalue weighted by atomic mass is 10.1. The Hall–Kier alpha value is -3.12. The number of hydrogen-bond donors (Lipinski definition) is 1. The standard InChI is InChI=1S/C22H21ClN4O2/c1-13(2)12-27-21-18(11-15-10-17(29-3)8-9-19(15)24-21)20(26-27)25-22(28)14-4-6-16(23)7-5-14/h4-11,13H,12H2,1-3H3,(H,25,26,28). The van der Waals surface area contributed by atoms with E-state index in [2.05, 4.69) is 24.3 Å². The lowest BCUT2D eigenvalue weighted by Crippen LogP contribution is -2.13. The molecule has 4 aromatic rings. The molecule has 0 aliphatic heterocycles. The topological polar surface area (TPSA) is 69.0 Å². The third-order valence-electron chi connectivity index (χ3n) is 4.60. The molecule has 0 fully saturated rings. The van der Waals surface area contributed by atoms with Crippen LogP contribution in [0, 0.1) is 5.92 Å². The van der Waals surface area contributed by atoms with Gasteiger partial charge in [-0.25, -0.2) is 9.67 Å². The highest BCUT2D eigenvalue weighted by Crippen LogP contribution is 2.29. The smallest absolute Gasteiger partial charge is 0.256 e. The molecule has 0 spiro atoms. The Bertz CT molecular complexity index is 1200. The first kappa shape index (κ1) is 19.2. The van der Waals surface area contributed by atoms with Crippen molar-refractivity contribution in [1.82, 2.24) is 14.8 Å². The van der Waals surface area contributed by atoms with Crippen LogP contribution in [0.5, 0.6) is 5.75 Å². The number of pyridine rings is 1. The molecule has 1 N–H and O–H groups in total. The van der Waals surface area contributed by atoms with E-state index in [1.54, 1.807) is 31.4 Å². The largest absolute Gasteiger partial charge is 0.497 e. The second-order valence-corrected chi connectivity index (χ2v) is 7.74. The highest BCUT2D eigenvalue weighted by molar-refractivity contribution is 6.30. The van der Waals surface area contributed by atoms with Gasteiger partial charge in [0.1, 0.15) is 5.75 Å². The summed E-state index contributed by atoms with van der Waals surface area (Å²) in [5.74, 6) is 1.37. The number of fused-ring (bicyclic) bond motifs is 2. The molecule has 6 nitrogen and oxygen atoms in total. The monoisotopic (exact) mass is 408 g/mol. The number of nitrogens with one attached hydrogen (secondary N) is 1. The number of anilines is 1. The van der Waals surface area contributed by atoms with E-state index < -0.39 is 0 Å². The molecular weight excluding hydrogens is 388 g/mol. The van der Waals surface area contributed by atoms with Crippen LogP contribution in [0.3, 0.4) is 0 Å². The van der Waals surface area contributed by atoms with Gasteiger partial charge in [-0.05, 0) is 54.4 Å². The van der Waals surface area contributed by atoms with Crippen molar-refractivity contribution in [2.24, 2.45) is 5.92 Å². The minimum absolute atomic E-state index is 0.247. The minimum atomic E-state index is -0.247. The van der Waals surface area contributed by atoms with Gasteiger partial charge in [0.2, 0.25) is 0 Å². The van der Waals surface area contributed by atoms with Crippen LogP contribution < -0.4 is 10.1 Å². The average molecular weight is 409 g/mol. The summed E-state index contributed by atoms with van der Waals surface area (Å²) in [5.41, 5.74) is 2.10. The second kappa shape index (κ2) is 7.72. The number of amides is 1. The van der Waals surface area contributed by atoms with Crippen molar-refractivity contribution in [1.29, 1.82) is 0 Å². The summed E-state index contributed by atoms with van der Waals surface area (Å²) in [5, 5.41) is 9.85. The first-order valence-corrected chi connectivity index (χ1v) is 9.74. The van der Waals surface area contributed by atoms with E-state index in [0.717, 1.165) is 27.7 Å². The van der Waals surface area contributed by atoms with Crippen LogP contribution in [0.1, 0.15) is 24.2 Å². The van der Waals surface area contributed by atoms with Crippen LogP contribution in [0.2, 0.25) is 5.02 Å². The summed E-state index contributed by atoms with van der Waals surface area (Å²) in [6.45, 7) is 4.93. The summed E-state index contributed by atoms with van der Waals surface area (Å²) in [4.78, 5) is 17.5. The van der Waals surface area contributed by atoms with Crippen molar-refractivity contribution < 1.29 is 9.53 Å². The summed E-state index contributed by atoms with van der Waals surface area (Å²) < 4.78 is 7.17. The molecule has 1 amide bonds. The van der Waals surface area contributed by atoms with Crippen LogP contribution in [0.4, 0.5) is 5.82 Å². The van der Waals surface area contributed by atoms with Crippen molar-refractivity contribution in [2.45, 2.75) is 20.4 Å². The van der Waals surface area contributed by atoms with Crippen molar-refractivity contribution in [3.05, 3.63) is 59.1 Å². The number of carbonyl (C=O) groups is 1. The Balaban J connectivity index is 1.81. The number of aromatic nitrogens is 3. The van der Waals surface area contributed by atoms with Crippen LogP contribution in [0.25, 0.3) is 21.9 Å².